The molecule has 142 valence electrons. The summed E-state index contributed by atoms with van der Waals surface area (Å²) >= 11 is 1.94. The third-order valence-corrected chi connectivity index (χ3v) is 9.20. The molecule has 0 radical (unpaired) electrons. The van der Waals surface area contributed by atoms with E-state index in [1.54, 1.807) is 0 Å². The summed E-state index contributed by atoms with van der Waals surface area (Å²) in [6, 6.07) is 0. The van der Waals surface area contributed by atoms with Crippen molar-refractivity contribution in [2.24, 2.45) is 34.5 Å². The van der Waals surface area contributed by atoms with E-state index >= 15 is 0 Å². The Bertz CT molecular complexity index is 665. The van der Waals surface area contributed by atoms with Crippen molar-refractivity contribution in [2.45, 2.75) is 58.3 Å². The maximum atomic E-state index is 13.1. The summed E-state index contributed by atoms with van der Waals surface area (Å²) in [5.74, 6) is 4.04. The first-order valence-electron chi connectivity index (χ1n) is 10.3. The Morgan fingerprint density at radius 1 is 1.23 bits per heavy atom. The third-order valence-electron chi connectivity index (χ3n) is 8.40. The van der Waals surface area contributed by atoms with E-state index in [0.29, 0.717) is 35.7 Å². The van der Waals surface area contributed by atoms with Crippen LogP contribution in [0.3, 0.4) is 0 Å². The molecule has 0 unspecified atom stereocenters. The van der Waals surface area contributed by atoms with E-state index in [-0.39, 0.29) is 16.7 Å². The van der Waals surface area contributed by atoms with Crippen LogP contribution in [0.15, 0.2) is 24.3 Å². The fraction of sp³-hybridized carbons (Fsp3) is 0.739. The molecule has 3 fully saturated rings. The summed E-state index contributed by atoms with van der Waals surface area (Å²) in [6.45, 7) is 6.14. The number of thioether (sulfide) groups is 1. The van der Waals surface area contributed by atoms with Crippen LogP contribution in [0.4, 0.5) is 0 Å². The van der Waals surface area contributed by atoms with Crippen molar-refractivity contribution in [3.05, 3.63) is 24.3 Å². The second kappa shape index (κ2) is 6.65. The highest BCUT2D eigenvalue weighted by atomic mass is 32.2. The van der Waals surface area contributed by atoms with Crippen molar-refractivity contribution in [2.75, 3.05) is 12.0 Å². The van der Waals surface area contributed by atoms with Gasteiger partial charge in [0.15, 0.2) is 5.78 Å². The Morgan fingerprint density at radius 3 is 2.77 bits per heavy atom. The third kappa shape index (κ3) is 2.52. The van der Waals surface area contributed by atoms with E-state index in [1.807, 2.05) is 23.9 Å². The number of carbonyl (C=O) groups excluding carboxylic acids is 2. The molecule has 0 spiro atoms. The molecule has 26 heavy (non-hydrogen) atoms. The number of ketones is 2. The van der Waals surface area contributed by atoms with Gasteiger partial charge in [0.25, 0.3) is 0 Å². The van der Waals surface area contributed by atoms with Gasteiger partial charge in [0.1, 0.15) is 5.78 Å². The average Bonchev–Trinajstić information content (AvgIpc) is 2.87. The molecule has 3 heteroatoms. The Hall–Kier alpha value is -0.830. The molecule has 0 heterocycles. The molecule has 4 aliphatic carbocycles. The Balaban J connectivity index is 1.69. The minimum absolute atomic E-state index is 0.110. The number of hydrogen-bond donors (Lipinski definition) is 0. The highest BCUT2D eigenvalue weighted by molar-refractivity contribution is 7.98. The smallest absolute Gasteiger partial charge is 0.155 e. The summed E-state index contributed by atoms with van der Waals surface area (Å²) in [4.78, 5) is 25.2. The molecule has 0 amide bonds. The number of fused-ring (bicyclic) bond motifs is 5. The Kier molecular flexibility index (Phi) is 4.74. The minimum atomic E-state index is -0.110. The molecule has 0 aromatic carbocycles. The largest absolute Gasteiger partial charge is 0.299 e. The van der Waals surface area contributed by atoms with Gasteiger partial charge in [-0.15, -0.1) is 6.58 Å². The van der Waals surface area contributed by atoms with Gasteiger partial charge >= 0.3 is 0 Å². The standard InChI is InChI=1S/C23H32O2S/c1-4-5-15-12-20-18-7-6-16-13-17(24)8-11-23(16,14-26-3)19(18)9-10-22(20,2)21(15)25/h4,13,15,18-20H,1,5-12,14H2,2-3H3/t15-,18-,19+,20+,22+,23-/m1/s1. The first kappa shape index (κ1) is 18.5. The zero-order valence-electron chi connectivity index (χ0n) is 16.3. The monoisotopic (exact) mass is 372 g/mol. The molecule has 0 aromatic heterocycles. The van der Waals surface area contributed by atoms with Gasteiger partial charge in [-0.05, 0) is 75.0 Å². The van der Waals surface area contributed by atoms with Crippen molar-refractivity contribution < 1.29 is 9.59 Å². The van der Waals surface area contributed by atoms with E-state index in [4.69, 9.17) is 0 Å². The SMILES string of the molecule is C=CC[C@@H]1C[C@H]2[C@@H]3CCC4=CC(=O)CC[C@]4(CSC)[C@H]3CC[C@]2(C)C1=O. The molecule has 0 bridgehead atoms. The molecule has 0 aromatic rings. The van der Waals surface area contributed by atoms with Gasteiger partial charge in [-0.1, -0.05) is 18.6 Å². The molecule has 3 saturated carbocycles. The summed E-state index contributed by atoms with van der Waals surface area (Å²) in [5.41, 5.74) is 1.55. The number of rotatable bonds is 4. The molecular weight excluding hydrogens is 340 g/mol. The molecule has 0 N–H and O–H groups in total. The zero-order valence-corrected chi connectivity index (χ0v) is 17.1. The lowest BCUT2D eigenvalue weighted by Gasteiger charge is -2.58. The van der Waals surface area contributed by atoms with Crippen LogP contribution in [0.2, 0.25) is 0 Å². The summed E-state index contributed by atoms with van der Waals surface area (Å²) in [7, 11) is 0. The van der Waals surface area contributed by atoms with E-state index in [2.05, 4.69) is 19.8 Å². The van der Waals surface area contributed by atoms with Crippen LogP contribution in [0.25, 0.3) is 0 Å². The van der Waals surface area contributed by atoms with Crippen molar-refractivity contribution in [3.8, 4) is 0 Å². The van der Waals surface area contributed by atoms with Crippen LogP contribution in [0.5, 0.6) is 0 Å². The van der Waals surface area contributed by atoms with Crippen molar-refractivity contribution in [1.82, 2.24) is 0 Å². The number of Topliss-reactive ketones (excluding diaryl/α,β-unsaturated/α-hetero) is 1. The highest BCUT2D eigenvalue weighted by Crippen LogP contribution is 2.65. The van der Waals surface area contributed by atoms with Gasteiger partial charge in [0.05, 0.1) is 0 Å². The van der Waals surface area contributed by atoms with Gasteiger partial charge in [-0.2, -0.15) is 11.8 Å². The second-order valence-electron chi connectivity index (χ2n) is 9.42. The lowest BCUT2D eigenvalue weighted by atomic mass is 9.47. The maximum absolute atomic E-state index is 13.1. The molecule has 0 saturated heterocycles. The quantitative estimate of drug-likeness (QED) is 0.634. The van der Waals surface area contributed by atoms with Gasteiger partial charge in [0.2, 0.25) is 0 Å². The lowest BCUT2D eigenvalue weighted by Crippen LogP contribution is -2.52. The Labute approximate surface area is 162 Å². The predicted octanol–water partition coefficient (Wildman–Crippen LogP) is 5.23. The van der Waals surface area contributed by atoms with Crippen LogP contribution in [-0.2, 0) is 9.59 Å². The molecule has 2 nitrogen and oxygen atoms in total. The normalized spacial score (nSPS) is 44.8. The van der Waals surface area contributed by atoms with Crippen LogP contribution < -0.4 is 0 Å². The van der Waals surface area contributed by atoms with Gasteiger partial charge in [-0.3, -0.25) is 9.59 Å². The van der Waals surface area contributed by atoms with E-state index in [0.717, 1.165) is 44.3 Å². The first-order valence-corrected chi connectivity index (χ1v) is 11.7. The van der Waals surface area contributed by atoms with Crippen molar-refractivity contribution in [1.29, 1.82) is 0 Å². The molecule has 4 rings (SSSR count). The Morgan fingerprint density at radius 2 is 2.04 bits per heavy atom. The fourth-order valence-electron chi connectivity index (χ4n) is 7.23. The van der Waals surface area contributed by atoms with Gasteiger partial charge in [-0.25, -0.2) is 0 Å². The number of allylic oxidation sites excluding steroid dienone is 2. The van der Waals surface area contributed by atoms with Crippen LogP contribution in [-0.4, -0.2) is 23.6 Å². The summed E-state index contributed by atoms with van der Waals surface area (Å²) < 4.78 is 0. The molecule has 6 atom stereocenters. The maximum Gasteiger partial charge on any atom is 0.155 e. The fourth-order valence-corrected chi connectivity index (χ4v) is 8.29. The zero-order chi connectivity index (χ0) is 18.5. The van der Waals surface area contributed by atoms with Gasteiger partial charge < -0.3 is 0 Å². The lowest BCUT2D eigenvalue weighted by molar-refractivity contribution is -0.134. The number of carbonyl (C=O) groups is 2. The van der Waals surface area contributed by atoms with E-state index in [9.17, 15) is 9.59 Å². The highest BCUT2D eigenvalue weighted by Gasteiger charge is 2.61. The molecule has 4 aliphatic rings. The van der Waals surface area contributed by atoms with Crippen LogP contribution in [0, 0.1) is 34.5 Å². The van der Waals surface area contributed by atoms with Crippen LogP contribution >= 0.6 is 11.8 Å². The average molecular weight is 373 g/mol. The minimum Gasteiger partial charge on any atom is -0.299 e. The predicted molar refractivity (Wildman–Crippen MR) is 108 cm³/mol. The molecular formula is C23H32O2S. The van der Waals surface area contributed by atoms with Crippen molar-refractivity contribution in [3.63, 3.8) is 0 Å². The molecule has 0 aliphatic heterocycles. The summed E-state index contributed by atoms with van der Waals surface area (Å²) in [5, 5.41) is 0. The topological polar surface area (TPSA) is 34.1 Å². The van der Waals surface area contributed by atoms with E-state index < -0.39 is 0 Å². The van der Waals surface area contributed by atoms with Crippen LogP contribution in [0.1, 0.15) is 58.3 Å². The number of hydrogen-bond acceptors (Lipinski definition) is 3. The summed E-state index contributed by atoms with van der Waals surface area (Å²) in [6.07, 6.45) is 14.3. The van der Waals surface area contributed by atoms with Gasteiger partial charge in [0, 0.05) is 28.9 Å². The first-order chi connectivity index (χ1) is 12.5. The van der Waals surface area contributed by atoms with E-state index in [1.165, 1.54) is 12.0 Å². The second-order valence-corrected chi connectivity index (χ2v) is 10.3. The van der Waals surface area contributed by atoms with Crippen molar-refractivity contribution >= 4 is 23.3 Å².